The topological polar surface area (TPSA) is 20.2 Å². The van der Waals surface area contributed by atoms with E-state index in [-0.39, 0.29) is 5.41 Å². The molecule has 0 aliphatic rings. The molecule has 1 rings (SSSR count). The Hall–Kier alpha value is -0.980. The van der Waals surface area contributed by atoms with Crippen LogP contribution in [0.3, 0.4) is 0 Å². The van der Waals surface area contributed by atoms with E-state index in [1.807, 2.05) is 6.07 Å². The van der Waals surface area contributed by atoms with Crippen LogP contribution in [0.4, 0.5) is 0 Å². The van der Waals surface area contributed by atoms with Gasteiger partial charge in [0.1, 0.15) is 5.75 Å². The second-order valence-corrected chi connectivity index (χ2v) is 16.4. The molecule has 0 atom stereocenters. The molecule has 0 spiro atoms. The van der Waals surface area contributed by atoms with Crippen LogP contribution in [-0.4, -0.2) is 5.11 Å². The highest BCUT2D eigenvalue weighted by Crippen LogP contribution is 2.35. The number of phenolic OH excluding ortho intramolecular Hbond substituents is 1. The van der Waals surface area contributed by atoms with E-state index in [9.17, 15) is 5.11 Å². The highest BCUT2D eigenvalue weighted by Gasteiger charge is 2.21. The lowest BCUT2D eigenvalue weighted by atomic mass is 9.79. The van der Waals surface area contributed by atoms with E-state index in [1.165, 1.54) is 222 Å². The second kappa shape index (κ2) is 31.0. The second-order valence-electron chi connectivity index (χ2n) is 16.4. The van der Waals surface area contributed by atoms with E-state index in [2.05, 4.69) is 40.7 Å². The minimum atomic E-state index is 0.126. The molecule has 0 heterocycles. The fraction of sp³-hybridized carbons (Fsp3) is 0.870. The summed E-state index contributed by atoms with van der Waals surface area (Å²) >= 11 is 0. The average Bonchev–Trinajstić information content (AvgIpc) is 3.04. The third kappa shape index (κ3) is 24.8. The molecule has 0 saturated heterocycles. The number of hydrogen-bond acceptors (Lipinski definition) is 1. The van der Waals surface area contributed by atoms with Gasteiger partial charge in [-0.1, -0.05) is 233 Å². The van der Waals surface area contributed by atoms with Crippen molar-refractivity contribution in [1.82, 2.24) is 0 Å². The molecule has 0 saturated carbocycles. The zero-order valence-electron chi connectivity index (χ0n) is 33.1. The molecule has 0 aromatic heterocycles. The fourth-order valence-corrected chi connectivity index (χ4v) is 7.65. The molecule has 1 nitrogen and oxygen atoms in total. The summed E-state index contributed by atoms with van der Waals surface area (Å²) < 4.78 is 0. The third-order valence-corrected chi connectivity index (χ3v) is 10.8. The first-order valence-corrected chi connectivity index (χ1v) is 21.8. The number of aromatic hydroxyl groups is 1. The Morgan fingerprint density at radius 2 is 0.617 bits per heavy atom. The van der Waals surface area contributed by atoms with Gasteiger partial charge in [0, 0.05) is 0 Å². The van der Waals surface area contributed by atoms with Crippen LogP contribution in [-0.2, 0) is 18.3 Å². The van der Waals surface area contributed by atoms with Crippen LogP contribution < -0.4 is 0 Å². The molecule has 47 heavy (non-hydrogen) atoms. The van der Waals surface area contributed by atoms with Gasteiger partial charge < -0.3 is 5.11 Å². The maximum absolute atomic E-state index is 10.9. The number of hydrogen-bond donors (Lipinski definition) is 1. The maximum atomic E-state index is 10.9. The Balaban J connectivity index is 2.20. The van der Waals surface area contributed by atoms with Crippen molar-refractivity contribution in [3.8, 4) is 5.75 Å². The van der Waals surface area contributed by atoms with Gasteiger partial charge in [-0.15, -0.1) is 0 Å². The monoisotopic (exact) mass is 655 g/mol. The van der Waals surface area contributed by atoms with Crippen molar-refractivity contribution in [2.75, 3.05) is 0 Å². The van der Waals surface area contributed by atoms with E-state index in [4.69, 9.17) is 0 Å². The lowest BCUT2D eigenvalue weighted by Crippen LogP contribution is -2.16. The van der Waals surface area contributed by atoms with Crippen molar-refractivity contribution in [3.05, 3.63) is 28.8 Å². The minimum absolute atomic E-state index is 0.126. The molecular formula is C46H86O. The number of unbranched alkanes of at least 4 members (excludes halogenated alkanes) is 30. The minimum Gasteiger partial charge on any atom is -0.508 e. The van der Waals surface area contributed by atoms with E-state index in [1.54, 1.807) is 0 Å². The molecule has 0 aliphatic carbocycles. The Labute approximate surface area is 297 Å². The molecule has 276 valence electrons. The molecule has 1 N–H and O–H groups in total. The van der Waals surface area contributed by atoms with Crippen molar-refractivity contribution < 1.29 is 5.11 Å². The van der Waals surface area contributed by atoms with Crippen molar-refractivity contribution in [2.45, 2.75) is 258 Å². The zero-order chi connectivity index (χ0) is 34.3. The van der Waals surface area contributed by atoms with Gasteiger partial charge in [0.15, 0.2) is 0 Å². The molecule has 0 bridgehead atoms. The summed E-state index contributed by atoms with van der Waals surface area (Å²) in [7, 11) is 0. The van der Waals surface area contributed by atoms with Gasteiger partial charge in [-0.3, -0.25) is 0 Å². The molecular weight excluding hydrogens is 569 g/mol. The largest absolute Gasteiger partial charge is 0.508 e. The molecule has 0 amide bonds. The summed E-state index contributed by atoms with van der Waals surface area (Å²) in [5.74, 6) is 0.547. The molecule has 1 aromatic carbocycles. The van der Waals surface area contributed by atoms with Gasteiger partial charge >= 0.3 is 0 Å². The predicted molar refractivity (Wildman–Crippen MR) is 213 cm³/mol. The van der Waals surface area contributed by atoms with Crippen LogP contribution in [0.1, 0.15) is 257 Å². The van der Waals surface area contributed by atoms with Crippen LogP contribution >= 0.6 is 0 Å². The smallest absolute Gasteiger partial charge is 0.119 e. The van der Waals surface area contributed by atoms with Gasteiger partial charge in [0.2, 0.25) is 0 Å². The van der Waals surface area contributed by atoms with Crippen molar-refractivity contribution in [3.63, 3.8) is 0 Å². The Morgan fingerprint density at radius 3 is 0.894 bits per heavy atom. The highest BCUT2D eigenvalue weighted by molar-refractivity contribution is 5.47. The van der Waals surface area contributed by atoms with Crippen LogP contribution in [0.25, 0.3) is 0 Å². The van der Waals surface area contributed by atoms with Gasteiger partial charge in [0.05, 0.1) is 0 Å². The highest BCUT2D eigenvalue weighted by atomic mass is 16.3. The van der Waals surface area contributed by atoms with E-state index >= 15 is 0 Å². The third-order valence-electron chi connectivity index (χ3n) is 10.8. The zero-order valence-corrected chi connectivity index (χ0v) is 33.1. The molecule has 1 aromatic rings. The Kier molecular flexibility index (Phi) is 29.1. The summed E-state index contributed by atoms with van der Waals surface area (Å²) in [4.78, 5) is 0. The van der Waals surface area contributed by atoms with Crippen LogP contribution in [0.2, 0.25) is 0 Å². The maximum Gasteiger partial charge on any atom is 0.119 e. The lowest BCUT2D eigenvalue weighted by Gasteiger charge is -2.26. The predicted octanol–water partition coefficient (Wildman–Crippen LogP) is 16.3. The number of phenols is 1. The van der Waals surface area contributed by atoms with Crippen molar-refractivity contribution in [2.24, 2.45) is 0 Å². The van der Waals surface area contributed by atoms with E-state index < -0.39 is 0 Å². The molecule has 0 fully saturated rings. The van der Waals surface area contributed by atoms with Crippen LogP contribution in [0, 0.1) is 0 Å². The van der Waals surface area contributed by atoms with Crippen LogP contribution in [0.5, 0.6) is 5.75 Å². The summed E-state index contributed by atoms with van der Waals surface area (Å²) in [5.41, 5.74) is 4.33. The molecule has 0 aliphatic heterocycles. The Morgan fingerprint density at radius 1 is 0.362 bits per heavy atom. The first-order valence-electron chi connectivity index (χ1n) is 21.8. The molecule has 1 heteroatoms. The van der Waals surface area contributed by atoms with Gasteiger partial charge in [-0.2, -0.15) is 0 Å². The van der Waals surface area contributed by atoms with Gasteiger partial charge in [-0.25, -0.2) is 0 Å². The Bertz CT molecular complexity index is 802. The number of rotatable bonds is 34. The quantitative estimate of drug-likeness (QED) is 0.0733. The summed E-state index contributed by atoms with van der Waals surface area (Å²) in [6.45, 7) is 11.6. The van der Waals surface area contributed by atoms with E-state index in [0.717, 1.165) is 12.8 Å². The van der Waals surface area contributed by atoms with Crippen molar-refractivity contribution >= 4 is 0 Å². The first kappa shape index (κ1) is 44.0. The SMILES string of the molecule is CCCCCCCCCCCCCCCCCCc1c(O)ccc(C(C)(C)C)c1CCCCCCCCCCCCCCCCCC. The standard InChI is InChI=1S/C46H86O/c1-6-8-10-12-14-16-18-20-22-24-26-28-30-32-34-36-38-42-43(45(47)41-40-44(42)46(3,4)5)39-37-35-33-31-29-27-25-23-21-19-17-15-13-11-9-7-2/h40-41,47H,6-39H2,1-5H3. The summed E-state index contributed by atoms with van der Waals surface area (Å²) in [6.07, 6.45) is 47.3. The van der Waals surface area contributed by atoms with Crippen molar-refractivity contribution in [1.29, 1.82) is 0 Å². The summed E-state index contributed by atoms with van der Waals surface area (Å²) in [6, 6.07) is 4.20. The van der Waals surface area contributed by atoms with E-state index in [0.29, 0.717) is 5.75 Å². The average molecular weight is 655 g/mol. The normalized spacial score (nSPS) is 11.9. The van der Waals surface area contributed by atoms with Crippen LogP contribution in [0.15, 0.2) is 12.1 Å². The lowest BCUT2D eigenvalue weighted by molar-refractivity contribution is 0.461. The molecule has 0 radical (unpaired) electrons. The molecule has 0 unspecified atom stereocenters. The fourth-order valence-electron chi connectivity index (χ4n) is 7.65. The van der Waals surface area contributed by atoms with Gasteiger partial charge in [0.25, 0.3) is 0 Å². The van der Waals surface area contributed by atoms with Gasteiger partial charge in [-0.05, 0) is 53.9 Å². The summed E-state index contributed by atoms with van der Waals surface area (Å²) in [5, 5.41) is 10.9. The first-order chi connectivity index (χ1) is 22.9. The number of benzene rings is 1.